The predicted molar refractivity (Wildman–Crippen MR) is 141 cm³/mol. The molecule has 0 bridgehead atoms. The summed E-state index contributed by atoms with van der Waals surface area (Å²) in [5, 5.41) is 2.85. The third-order valence-electron chi connectivity index (χ3n) is 7.51. The van der Waals surface area contributed by atoms with Crippen molar-refractivity contribution in [2.75, 3.05) is 11.9 Å². The van der Waals surface area contributed by atoms with E-state index in [2.05, 4.69) is 41.0 Å². The van der Waals surface area contributed by atoms with Crippen LogP contribution in [0.4, 0.5) is 5.82 Å². The van der Waals surface area contributed by atoms with Gasteiger partial charge in [0.1, 0.15) is 24.6 Å². The first-order chi connectivity index (χ1) is 17.8. The van der Waals surface area contributed by atoms with Crippen LogP contribution in [0.25, 0.3) is 11.2 Å². The smallest absolute Gasteiger partial charge is 0.256 e. The van der Waals surface area contributed by atoms with E-state index in [0.29, 0.717) is 29.2 Å². The molecule has 0 spiro atoms. The van der Waals surface area contributed by atoms with Crippen LogP contribution in [-0.2, 0) is 18.6 Å². The average molecular weight is 526 g/mol. The lowest BCUT2D eigenvalue weighted by Crippen LogP contribution is -2.41. The van der Waals surface area contributed by atoms with Crippen LogP contribution >= 0.6 is 0 Å². The summed E-state index contributed by atoms with van der Waals surface area (Å²) in [7, 11) is -1.80. The van der Waals surface area contributed by atoms with E-state index in [-0.39, 0.29) is 24.2 Å². The zero-order chi connectivity index (χ0) is 26.2. The number of fused-ring (bicyclic) bond motifs is 2. The van der Waals surface area contributed by atoms with Crippen molar-refractivity contribution in [3.05, 3.63) is 48.5 Å². The molecule has 4 atom stereocenters. The molecule has 4 heterocycles. The Balaban J connectivity index is 1.41. The maximum atomic E-state index is 12.7. The highest BCUT2D eigenvalue weighted by Gasteiger charge is 2.56. The number of nitrogens with zero attached hydrogens (tertiary/aromatic N) is 4. The molecule has 1 amide bonds. The second-order valence-corrected chi connectivity index (χ2v) is 14.8. The number of rotatable bonds is 9. The van der Waals surface area contributed by atoms with Gasteiger partial charge in [0.25, 0.3) is 5.91 Å². The number of anilines is 1. The van der Waals surface area contributed by atoms with Gasteiger partial charge in [0.2, 0.25) is 0 Å². The molecule has 2 fully saturated rings. The lowest BCUT2D eigenvalue weighted by molar-refractivity contribution is -0.199. The van der Waals surface area contributed by atoms with Crippen molar-refractivity contribution >= 4 is 31.2 Å². The minimum Gasteiger partial charge on any atom is -0.414 e. The van der Waals surface area contributed by atoms with Crippen LogP contribution < -0.4 is 5.32 Å². The molecular weight excluding hydrogens is 490 g/mol. The van der Waals surface area contributed by atoms with Crippen LogP contribution in [0.15, 0.2) is 43.0 Å². The van der Waals surface area contributed by atoms with Crippen molar-refractivity contribution in [2.45, 2.75) is 83.1 Å². The SMILES string of the molecule is CC[Si](CC)(CC)OC[C@H]1O[C@@H](n2cnc3c(NC(=O)c4ccccc4)ncnc32)[C@@H]2OC(C)(C)O[C@@H]21. The number of hydrogen-bond acceptors (Lipinski definition) is 8. The van der Waals surface area contributed by atoms with Gasteiger partial charge in [-0.15, -0.1) is 0 Å². The van der Waals surface area contributed by atoms with Gasteiger partial charge in [0, 0.05) is 5.56 Å². The number of imidazole rings is 1. The van der Waals surface area contributed by atoms with E-state index in [9.17, 15) is 4.79 Å². The number of aromatic nitrogens is 4. The van der Waals surface area contributed by atoms with Gasteiger partial charge in [-0.2, -0.15) is 0 Å². The second-order valence-electron chi connectivity index (χ2n) is 10.1. The third kappa shape index (κ3) is 4.93. The van der Waals surface area contributed by atoms with Gasteiger partial charge in [-0.25, -0.2) is 15.0 Å². The largest absolute Gasteiger partial charge is 0.414 e. The minimum atomic E-state index is -1.80. The molecule has 2 saturated heterocycles. The Morgan fingerprint density at radius 3 is 2.46 bits per heavy atom. The van der Waals surface area contributed by atoms with Crippen molar-refractivity contribution < 1.29 is 23.4 Å². The molecule has 10 nitrogen and oxygen atoms in total. The van der Waals surface area contributed by atoms with Crippen LogP contribution in [0.2, 0.25) is 18.1 Å². The summed E-state index contributed by atoms with van der Waals surface area (Å²) in [6, 6.07) is 12.2. The van der Waals surface area contributed by atoms with Crippen LogP contribution in [0.1, 0.15) is 51.2 Å². The number of benzene rings is 1. The molecule has 0 aliphatic carbocycles. The molecule has 37 heavy (non-hydrogen) atoms. The number of carbonyl (C=O) groups excluding carboxylic acids is 1. The van der Waals surface area contributed by atoms with Crippen LogP contribution in [-0.4, -0.2) is 64.4 Å². The Morgan fingerprint density at radius 1 is 1.05 bits per heavy atom. The van der Waals surface area contributed by atoms with Gasteiger partial charge in [0.05, 0.1) is 12.9 Å². The minimum absolute atomic E-state index is 0.269. The molecular formula is C26H35N5O5Si. The normalized spacial score (nSPS) is 24.9. The quantitative estimate of drug-likeness (QED) is 0.406. The Bertz CT molecular complexity index is 1240. The molecule has 0 saturated carbocycles. The lowest BCUT2D eigenvalue weighted by atomic mass is 10.1. The van der Waals surface area contributed by atoms with Gasteiger partial charge >= 0.3 is 0 Å². The van der Waals surface area contributed by atoms with E-state index in [1.165, 1.54) is 6.33 Å². The van der Waals surface area contributed by atoms with Crippen molar-refractivity contribution in [3.63, 3.8) is 0 Å². The molecule has 11 heteroatoms. The first-order valence-electron chi connectivity index (χ1n) is 13.0. The Labute approximate surface area is 217 Å². The van der Waals surface area contributed by atoms with Crippen molar-refractivity contribution in [1.82, 2.24) is 19.5 Å². The summed E-state index contributed by atoms with van der Waals surface area (Å²) in [4.78, 5) is 26.0. The second kappa shape index (κ2) is 10.2. The van der Waals surface area contributed by atoms with E-state index >= 15 is 0 Å². The molecule has 198 valence electrons. The molecule has 1 N–H and O–H groups in total. The molecule has 0 radical (unpaired) electrons. The van der Waals surface area contributed by atoms with Gasteiger partial charge in [-0.3, -0.25) is 9.36 Å². The van der Waals surface area contributed by atoms with E-state index in [4.69, 9.17) is 18.6 Å². The lowest BCUT2D eigenvalue weighted by Gasteiger charge is -2.31. The summed E-state index contributed by atoms with van der Waals surface area (Å²) in [6.07, 6.45) is 1.62. The number of hydrogen-bond donors (Lipinski definition) is 1. The van der Waals surface area contributed by atoms with Crippen molar-refractivity contribution in [3.8, 4) is 0 Å². The fourth-order valence-electron chi connectivity index (χ4n) is 5.23. The predicted octanol–water partition coefficient (Wildman–Crippen LogP) is 4.52. The van der Waals surface area contributed by atoms with Crippen molar-refractivity contribution in [2.24, 2.45) is 0 Å². The summed E-state index contributed by atoms with van der Waals surface area (Å²) in [5.41, 5.74) is 1.54. The topological polar surface area (TPSA) is 110 Å². The fraction of sp³-hybridized carbons (Fsp3) is 0.538. The fourth-order valence-corrected chi connectivity index (χ4v) is 7.86. The number of ether oxygens (including phenoxy) is 3. The third-order valence-corrected chi connectivity index (χ3v) is 12.2. The molecule has 2 aliphatic heterocycles. The van der Waals surface area contributed by atoms with Gasteiger partial charge in [0.15, 0.2) is 37.3 Å². The number of nitrogens with one attached hydrogen (secondary N) is 1. The summed E-state index contributed by atoms with van der Waals surface area (Å²) < 4.78 is 27.5. The van der Waals surface area contributed by atoms with Gasteiger partial charge in [-0.1, -0.05) is 39.0 Å². The molecule has 2 aromatic heterocycles. The maximum absolute atomic E-state index is 12.7. The van der Waals surface area contributed by atoms with Crippen LogP contribution in [0.5, 0.6) is 0 Å². The monoisotopic (exact) mass is 525 g/mol. The zero-order valence-electron chi connectivity index (χ0n) is 22.0. The molecule has 5 rings (SSSR count). The van der Waals surface area contributed by atoms with Gasteiger partial charge in [-0.05, 0) is 44.1 Å². The first kappa shape index (κ1) is 25.9. The van der Waals surface area contributed by atoms with E-state index < -0.39 is 20.3 Å². The number of amides is 1. The molecule has 2 aliphatic rings. The highest BCUT2D eigenvalue weighted by atomic mass is 28.4. The summed E-state index contributed by atoms with van der Waals surface area (Å²) >= 11 is 0. The zero-order valence-corrected chi connectivity index (χ0v) is 23.0. The molecule has 0 unspecified atom stereocenters. The first-order valence-corrected chi connectivity index (χ1v) is 15.5. The standard InChI is InChI=1S/C26H35N5O5Si/c1-6-37(7-2,8-3)33-14-18-20-21(36-26(4,5)35-20)25(34-18)31-16-29-19-22(27-15-28-23(19)31)30-24(32)17-12-10-9-11-13-17/h9-13,15-16,18,20-21,25H,6-8,14H2,1-5H3,(H,27,28,30,32)/t18-,20-,21-,25-/m1/s1. The molecule has 1 aromatic carbocycles. The number of carbonyl (C=O) groups is 1. The van der Waals surface area contributed by atoms with E-state index in [1.54, 1.807) is 18.5 Å². The van der Waals surface area contributed by atoms with Crippen LogP contribution in [0.3, 0.4) is 0 Å². The van der Waals surface area contributed by atoms with Crippen LogP contribution in [0, 0.1) is 0 Å². The average Bonchev–Trinajstić information content (AvgIpc) is 3.57. The maximum Gasteiger partial charge on any atom is 0.256 e. The van der Waals surface area contributed by atoms with Gasteiger partial charge < -0.3 is 24.0 Å². The summed E-state index contributed by atoms with van der Waals surface area (Å²) in [5.74, 6) is -0.681. The Kier molecular flexibility index (Phi) is 7.16. The Hall–Kier alpha value is -2.70. The highest BCUT2D eigenvalue weighted by molar-refractivity contribution is 6.73. The highest BCUT2D eigenvalue weighted by Crippen LogP contribution is 2.44. The van der Waals surface area contributed by atoms with Crippen molar-refractivity contribution in [1.29, 1.82) is 0 Å². The van der Waals surface area contributed by atoms with E-state index in [0.717, 1.165) is 18.1 Å². The Morgan fingerprint density at radius 2 is 1.76 bits per heavy atom. The molecule has 3 aromatic rings. The van der Waals surface area contributed by atoms with E-state index in [1.807, 2.05) is 36.6 Å². The summed E-state index contributed by atoms with van der Waals surface area (Å²) in [6.45, 7) is 10.9.